The average molecular weight is 238 g/mol. The van der Waals surface area contributed by atoms with Crippen molar-refractivity contribution in [2.75, 3.05) is 6.61 Å². The minimum atomic E-state index is 0.314. The maximum absolute atomic E-state index is 5.72. The van der Waals surface area contributed by atoms with Gasteiger partial charge in [0.05, 0.1) is 11.8 Å². The molecule has 1 saturated heterocycles. The standard InChI is InChI=1S/C13H22N2O2/c1-10(2)14-8-12-13(17-9-15-12)7-11-5-3-4-6-16-11/h9-11,14H,3-8H2,1-2H3. The fourth-order valence-corrected chi connectivity index (χ4v) is 2.08. The molecular formula is C13H22N2O2. The SMILES string of the molecule is CC(C)NCc1ncoc1CC1CCCCO1. The van der Waals surface area contributed by atoms with Crippen LogP contribution in [0.2, 0.25) is 0 Å². The second-order valence-corrected chi connectivity index (χ2v) is 4.95. The maximum atomic E-state index is 5.72. The van der Waals surface area contributed by atoms with E-state index >= 15 is 0 Å². The molecule has 1 unspecified atom stereocenters. The number of ether oxygens (including phenoxy) is 1. The van der Waals surface area contributed by atoms with E-state index < -0.39 is 0 Å². The molecule has 0 amide bonds. The molecule has 1 atom stereocenters. The lowest BCUT2D eigenvalue weighted by Crippen LogP contribution is -2.24. The second kappa shape index (κ2) is 6.17. The largest absolute Gasteiger partial charge is 0.448 e. The summed E-state index contributed by atoms with van der Waals surface area (Å²) in [6.45, 7) is 5.92. The zero-order valence-electron chi connectivity index (χ0n) is 10.7. The number of hydrogen-bond acceptors (Lipinski definition) is 4. The smallest absolute Gasteiger partial charge is 0.181 e. The van der Waals surface area contributed by atoms with E-state index in [2.05, 4.69) is 24.1 Å². The molecule has 2 heterocycles. The first-order valence-electron chi connectivity index (χ1n) is 6.52. The van der Waals surface area contributed by atoms with Crippen molar-refractivity contribution in [3.63, 3.8) is 0 Å². The van der Waals surface area contributed by atoms with Gasteiger partial charge in [-0.3, -0.25) is 0 Å². The summed E-state index contributed by atoms with van der Waals surface area (Å²) in [7, 11) is 0. The molecule has 4 nitrogen and oxygen atoms in total. The second-order valence-electron chi connectivity index (χ2n) is 4.95. The Morgan fingerprint density at radius 2 is 2.35 bits per heavy atom. The van der Waals surface area contributed by atoms with Crippen molar-refractivity contribution in [1.82, 2.24) is 10.3 Å². The molecule has 4 heteroatoms. The third-order valence-electron chi connectivity index (χ3n) is 3.09. The van der Waals surface area contributed by atoms with Crippen LogP contribution < -0.4 is 5.32 Å². The molecule has 96 valence electrons. The van der Waals surface area contributed by atoms with E-state index in [0.717, 1.165) is 37.4 Å². The average Bonchev–Trinajstić information content (AvgIpc) is 2.75. The Morgan fingerprint density at radius 3 is 3.06 bits per heavy atom. The Balaban J connectivity index is 1.88. The van der Waals surface area contributed by atoms with Crippen LogP contribution in [0.5, 0.6) is 0 Å². The molecule has 0 aliphatic carbocycles. The van der Waals surface area contributed by atoms with E-state index in [9.17, 15) is 0 Å². The maximum Gasteiger partial charge on any atom is 0.181 e. The third-order valence-corrected chi connectivity index (χ3v) is 3.09. The molecule has 1 aromatic rings. The number of hydrogen-bond donors (Lipinski definition) is 1. The lowest BCUT2D eigenvalue weighted by molar-refractivity contribution is 0.0138. The summed E-state index contributed by atoms with van der Waals surface area (Å²) in [5, 5.41) is 3.36. The zero-order valence-corrected chi connectivity index (χ0v) is 10.7. The first-order valence-corrected chi connectivity index (χ1v) is 6.52. The summed E-state index contributed by atoms with van der Waals surface area (Å²) in [6.07, 6.45) is 6.30. The number of rotatable bonds is 5. The first-order chi connectivity index (χ1) is 8.25. The van der Waals surface area contributed by atoms with Crippen molar-refractivity contribution in [3.8, 4) is 0 Å². The van der Waals surface area contributed by atoms with Crippen LogP contribution >= 0.6 is 0 Å². The fourth-order valence-electron chi connectivity index (χ4n) is 2.08. The Hall–Kier alpha value is -0.870. The molecular weight excluding hydrogens is 216 g/mol. The predicted molar refractivity (Wildman–Crippen MR) is 65.8 cm³/mol. The number of nitrogens with zero attached hydrogens (tertiary/aromatic N) is 1. The normalized spacial score (nSPS) is 21.0. The summed E-state index contributed by atoms with van der Waals surface area (Å²) in [5.74, 6) is 0.977. The van der Waals surface area contributed by atoms with Crippen LogP contribution in [0.1, 0.15) is 44.6 Å². The van der Waals surface area contributed by atoms with Gasteiger partial charge in [0.15, 0.2) is 6.39 Å². The molecule has 0 bridgehead atoms. The number of nitrogens with one attached hydrogen (secondary N) is 1. The van der Waals surface area contributed by atoms with Crippen molar-refractivity contribution in [3.05, 3.63) is 17.8 Å². The lowest BCUT2D eigenvalue weighted by atomic mass is 10.0. The molecule has 1 aliphatic heterocycles. The molecule has 1 aliphatic rings. The molecule has 0 radical (unpaired) electrons. The Morgan fingerprint density at radius 1 is 1.47 bits per heavy atom. The van der Waals surface area contributed by atoms with E-state index in [1.165, 1.54) is 19.2 Å². The predicted octanol–water partition coefficient (Wildman–Crippen LogP) is 2.28. The van der Waals surface area contributed by atoms with E-state index in [1.54, 1.807) is 0 Å². The number of aromatic nitrogens is 1. The van der Waals surface area contributed by atoms with Crippen LogP contribution in [0.4, 0.5) is 0 Å². The minimum absolute atomic E-state index is 0.314. The van der Waals surface area contributed by atoms with Crippen LogP contribution in [0.3, 0.4) is 0 Å². The summed E-state index contributed by atoms with van der Waals surface area (Å²) < 4.78 is 11.2. The third kappa shape index (κ3) is 3.82. The van der Waals surface area contributed by atoms with Gasteiger partial charge in [0, 0.05) is 25.6 Å². The van der Waals surface area contributed by atoms with E-state index in [1.807, 2.05) is 0 Å². The van der Waals surface area contributed by atoms with Gasteiger partial charge in [-0.15, -0.1) is 0 Å². The van der Waals surface area contributed by atoms with Gasteiger partial charge in [-0.2, -0.15) is 0 Å². The molecule has 0 aromatic carbocycles. The molecule has 17 heavy (non-hydrogen) atoms. The van der Waals surface area contributed by atoms with Crippen molar-refractivity contribution in [1.29, 1.82) is 0 Å². The van der Waals surface area contributed by atoms with E-state index in [4.69, 9.17) is 9.15 Å². The van der Waals surface area contributed by atoms with Gasteiger partial charge in [-0.25, -0.2) is 4.98 Å². The van der Waals surface area contributed by atoms with Crippen LogP contribution in [-0.2, 0) is 17.7 Å². The molecule has 2 rings (SSSR count). The van der Waals surface area contributed by atoms with E-state index in [0.29, 0.717) is 12.1 Å². The monoisotopic (exact) mass is 238 g/mol. The van der Waals surface area contributed by atoms with E-state index in [-0.39, 0.29) is 0 Å². The number of oxazole rings is 1. The lowest BCUT2D eigenvalue weighted by Gasteiger charge is -2.21. The van der Waals surface area contributed by atoms with Gasteiger partial charge in [-0.1, -0.05) is 13.8 Å². The molecule has 1 fully saturated rings. The Labute approximate surface area is 103 Å². The van der Waals surface area contributed by atoms with Crippen molar-refractivity contribution >= 4 is 0 Å². The summed E-state index contributed by atoms with van der Waals surface area (Å²) in [4.78, 5) is 4.27. The van der Waals surface area contributed by atoms with Gasteiger partial charge in [-0.05, 0) is 19.3 Å². The van der Waals surface area contributed by atoms with Gasteiger partial charge < -0.3 is 14.5 Å². The van der Waals surface area contributed by atoms with Gasteiger partial charge in [0.2, 0.25) is 0 Å². The van der Waals surface area contributed by atoms with Gasteiger partial charge >= 0.3 is 0 Å². The quantitative estimate of drug-likeness (QED) is 0.855. The zero-order chi connectivity index (χ0) is 12.1. The highest BCUT2D eigenvalue weighted by atomic mass is 16.5. The minimum Gasteiger partial charge on any atom is -0.448 e. The molecule has 1 aromatic heterocycles. The van der Waals surface area contributed by atoms with Crippen LogP contribution in [0, 0.1) is 0 Å². The van der Waals surface area contributed by atoms with Crippen molar-refractivity contribution in [2.45, 2.75) is 58.2 Å². The van der Waals surface area contributed by atoms with Gasteiger partial charge in [0.25, 0.3) is 0 Å². The van der Waals surface area contributed by atoms with Crippen LogP contribution in [0.25, 0.3) is 0 Å². The Kier molecular flexibility index (Phi) is 4.57. The summed E-state index contributed by atoms with van der Waals surface area (Å²) in [6, 6.07) is 0.463. The topological polar surface area (TPSA) is 47.3 Å². The van der Waals surface area contributed by atoms with Gasteiger partial charge in [0.1, 0.15) is 5.76 Å². The molecule has 0 spiro atoms. The van der Waals surface area contributed by atoms with Crippen molar-refractivity contribution in [2.24, 2.45) is 0 Å². The highest BCUT2D eigenvalue weighted by Gasteiger charge is 2.18. The first kappa shape index (κ1) is 12.6. The van der Waals surface area contributed by atoms with Crippen LogP contribution in [0.15, 0.2) is 10.8 Å². The van der Waals surface area contributed by atoms with Crippen LogP contribution in [-0.4, -0.2) is 23.7 Å². The highest BCUT2D eigenvalue weighted by molar-refractivity contribution is 5.08. The molecule has 1 N–H and O–H groups in total. The Bertz CT molecular complexity index is 330. The summed E-state index contributed by atoms with van der Waals surface area (Å²) >= 11 is 0. The van der Waals surface area contributed by atoms with Crippen molar-refractivity contribution < 1.29 is 9.15 Å². The fraction of sp³-hybridized carbons (Fsp3) is 0.769. The highest BCUT2D eigenvalue weighted by Crippen LogP contribution is 2.19. The summed E-state index contributed by atoms with van der Waals surface area (Å²) in [5.41, 5.74) is 1.02. The molecule has 0 saturated carbocycles.